The molecule has 3 atom stereocenters. The van der Waals surface area contributed by atoms with Gasteiger partial charge >= 0.3 is 5.97 Å². The molecular formula is C19H22Cl6N2O3PS+. The fourth-order valence-electron chi connectivity index (χ4n) is 3.80. The molecule has 32 heavy (non-hydrogen) atoms. The predicted molar refractivity (Wildman–Crippen MR) is 138 cm³/mol. The van der Waals surface area contributed by atoms with Crippen molar-refractivity contribution in [3.05, 3.63) is 35.9 Å². The highest BCUT2D eigenvalue weighted by atomic mass is 35.6. The summed E-state index contributed by atoms with van der Waals surface area (Å²) in [4.78, 5) is 27.5. The summed E-state index contributed by atoms with van der Waals surface area (Å²) in [6.07, 6.45) is 0.284. The van der Waals surface area contributed by atoms with Crippen LogP contribution in [0.15, 0.2) is 30.3 Å². The van der Waals surface area contributed by atoms with E-state index < -0.39 is 38.5 Å². The van der Waals surface area contributed by atoms with E-state index in [0.29, 0.717) is 0 Å². The molecule has 1 aromatic carbocycles. The van der Waals surface area contributed by atoms with Crippen LogP contribution in [-0.2, 0) is 20.9 Å². The number of carbonyl (C=O) groups is 2. The number of alkyl halides is 6. The van der Waals surface area contributed by atoms with E-state index in [9.17, 15) is 9.59 Å². The quantitative estimate of drug-likeness (QED) is 0.190. The van der Waals surface area contributed by atoms with Gasteiger partial charge in [-0.15, -0.1) is 11.8 Å². The Labute approximate surface area is 222 Å². The molecule has 13 heteroatoms. The van der Waals surface area contributed by atoms with Crippen LogP contribution in [0.4, 0.5) is 0 Å². The molecule has 0 aliphatic carbocycles. The van der Waals surface area contributed by atoms with Crippen molar-refractivity contribution in [1.29, 1.82) is 0 Å². The van der Waals surface area contributed by atoms with Crippen molar-refractivity contribution in [2.45, 2.75) is 50.2 Å². The van der Waals surface area contributed by atoms with Gasteiger partial charge in [0, 0.05) is 4.75 Å². The number of nitrogens with zero attached hydrogens (tertiary/aromatic N) is 1. The normalized spacial score (nSPS) is 25.0. The summed E-state index contributed by atoms with van der Waals surface area (Å²) < 4.78 is 1.90. The van der Waals surface area contributed by atoms with Crippen LogP contribution in [0.25, 0.3) is 0 Å². The summed E-state index contributed by atoms with van der Waals surface area (Å²) in [7, 11) is -1.73. The van der Waals surface area contributed by atoms with E-state index in [1.165, 1.54) is 11.8 Å². The molecule has 178 valence electrons. The fraction of sp³-hybridized carbons (Fsp3) is 0.579. The van der Waals surface area contributed by atoms with Crippen LogP contribution in [0.2, 0.25) is 0 Å². The van der Waals surface area contributed by atoms with E-state index >= 15 is 0 Å². The third-order valence-electron chi connectivity index (χ3n) is 5.08. The van der Waals surface area contributed by atoms with Crippen LogP contribution < -0.4 is 5.09 Å². The van der Waals surface area contributed by atoms with Gasteiger partial charge < -0.3 is 9.64 Å². The minimum absolute atomic E-state index is 0.142. The van der Waals surface area contributed by atoms with Crippen molar-refractivity contribution < 1.29 is 14.3 Å². The molecular weight excluding hydrogens is 580 g/mol. The maximum Gasteiger partial charge on any atom is 0.330 e. The van der Waals surface area contributed by atoms with Crippen LogP contribution in [0.5, 0.6) is 0 Å². The van der Waals surface area contributed by atoms with Crippen LogP contribution in [0, 0.1) is 0 Å². The first-order valence-electron chi connectivity index (χ1n) is 9.63. The van der Waals surface area contributed by atoms with Gasteiger partial charge in [0.15, 0.2) is 0 Å². The van der Waals surface area contributed by atoms with Crippen molar-refractivity contribution in [2.24, 2.45) is 0 Å². The van der Waals surface area contributed by atoms with E-state index in [4.69, 9.17) is 74.3 Å². The Kier molecular flexibility index (Phi) is 8.79. The number of esters is 1. The highest BCUT2D eigenvalue weighted by Gasteiger charge is 2.65. The van der Waals surface area contributed by atoms with E-state index in [2.05, 4.69) is 5.09 Å². The van der Waals surface area contributed by atoms with Crippen molar-refractivity contribution in [1.82, 2.24) is 9.99 Å². The molecule has 0 aromatic heterocycles. The first-order chi connectivity index (χ1) is 14.7. The first-order valence-corrected chi connectivity index (χ1v) is 14.7. The average Bonchev–Trinajstić information content (AvgIpc) is 2.90. The summed E-state index contributed by atoms with van der Waals surface area (Å²) in [5.41, 5.74) is 0.876. The number of fused-ring (bicyclic) bond motifs is 1. The average molecular weight is 602 g/mol. The zero-order chi connectivity index (χ0) is 23.9. The Morgan fingerprint density at radius 3 is 2.22 bits per heavy atom. The van der Waals surface area contributed by atoms with E-state index in [0.717, 1.165) is 5.56 Å². The van der Waals surface area contributed by atoms with Gasteiger partial charge in [-0.25, -0.2) is 4.79 Å². The third kappa shape index (κ3) is 6.86. The number of nitrogens with one attached hydrogen (secondary N) is 1. The lowest BCUT2D eigenvalue weighted by Crippen LogP contribution is -2.69. The van der Waals surface area contributed by atoms with Gasteiger partial charge in [-0.3, -0.25) is 4.79 Å². The van der Waals surface area contributed by atoms with E-state index in [1.54, 1.807) is 4.90 Å². The van der Waals surface area contributed by atoms with Crippen LogP contribution >= 0.6 is 89.4 Å². The van der Waals surface area contributed by atoms with Crippen LogP contribution in [-0.4, -0.2) is 58.9 Å². The lowest BCUT2D eigenvalue weighted by atomic mass is 9.96. The number of β-lactam (4-membered cyclic amide) rings is 1. The van der Waals surface area contributed by atoms with Gasteiger partial charge in [0.25, 0.3) is 0 Å². The molecule has 2 fully saturated rings. The van der Waals surface area contributed by atoms with Gasteiger partial charge in [0.2, 0.25) is 13.5 Å². The highest BCUT2D eigenvalue weighted by molar-refractivity contribution is 8.01. The molecule has 2 aliphatic heterocycles. The molecule has 1 amide bonds. The molecule has 0 spiro atoms. The molecule has 1 aromatic rings. The smallest absolute Gasteiger partial charge is 0.330 e. The van der Waals surface area contributed by atoms with Gasteiger partial charge in [-0.05, 0) is 19.4 Å². The van der Waals surface area contributed by atoms with Crippen molar-refractivity contribution >= 4 is 101 Å². The zero-order valence-electron chi connectivity index (χ0n) is 17.1. The van der Waals surface area contributed by atoms with Gasteiger partial charge in [-0.1, -0.05) is 99.9 Å². The lowest BCUT2D eigenvalue weighted by Gasteiger charge is -2.43. The molecule has 2 aliphatic rings. The number of carbonyl (C=O) groups excluding carboxylic acids is 2. The van der Waals surface area contributed by atoms with E-state index in [-0.39, 0.29) is 30.2 Å². The number of benzene rings is 1. The topological polar surface area (TPSA) is 58.6 Å². The number of hydrogen-bond donors (Lipinski definition) is 1. The third-order valence-corrected chi connectivity index (χ3v) is 11.4. The summed E-state index contributed by atoms with van der Waals surface area (Å²) in [6, 6.07) is 8.12. The molecule has 1 N–H and O–H groups in total. The first kappa shape index (κ1) is 27.2. The Morgan fingerprint density at radius 1 is 1.12 bits per heavy atom. The second kappa shape index (κ2) is 10.3. The minimum atomic E-state index is -1.73. The summed E-state index contributed by atoms with van der Waals surface area (Å²) in [5, 5.41) is 3.01. The second-order valence-corrected chi connectivity index (χ2v) is 17.2. The summed E-state index contributed by atoms with van der Waals surface area (Å²) in [5.74, 6) is -0.653. The maximum absolute atomic E-state index is 13.0. The molecule has 5 nitrogen and oxygen atoms in total. The van der Waals surface area contributed by atoms with Crippen molar-refractivity contribution in [2.75, 3.05) is 12.3 Å². The monoisotopic (exact) mass is 599 g/mol. The fourth-order valence-corrected chi connectivity index (χ4v) is 10.5. The number of ether oxygens (including phenoxy) is 1. The summed E-state index contributed by atoms with van der Waals surface area (Å²) in [6.45, 7) is 3.98. The molecule has 3 rings (SSSR count). The maximum atomic E-state index is 13.0. The van der Waals surface area contributed by atoms with E-state index in [1.807, 2.05) is 44.2 Å². The van der Waals surface area contributed by atoms with Gasteiger partial charge in [0.1, 0.15) is 36.4 Å². The lowest BCUT2D eigenvalue weighted by molar-refractivity contribution is -0.164. The van der Waals surface area contributed by atoms with Gasteiger partial charge in [-0.2, -0.15) is 5.09 Å². The molecule has 0 radical (unpaired) electrons. The number of hydrogen-bond acceptors (Lipinski definition) is 5. The minimum Gasteiger partial charge on any atom is -0.459 e. The Bertz CT molecular complexity index is 836. The largest absolute Gasteiger partial charge is 0.459 e. The van der Waals surface area contributed by atoms with Crippen molar-refractivity contribution in [3.8, 4) is 0 Å². The molecule has 2 heterocycles. The zero-order valence-corrected chi connectivity index (χ0v) is 23.4. The number of rotatable bonds is 7. The standard InChI is InChI=1S/C19H21Cl6N2O3PS/c1-17(2)13(16(29)30-8-11-6-4-3-5-7-11)27-14(28)12(15(27)32-17)26-31(9-18(20,21)22)10-19(23,24)25/h3-7,12-13,15,26H,8-10H2,1-2H3/p+1/t12-,13+,15-/m1/s1. The predicted octanol–water partition coefficient (Wildman–Crippen LogP) is 5.62. The summed E-state index contributed by atoms with van der Waals surface area (Å²) >= 11 is 37.3. The second-order valence-electron chi connectivity index (χ2n) is 8.16. The number of thioether (sulfide) groups is 1. The Morgan fingerprint density at radius 2 is 1.69 bits per heavy atom. The molecule has 0 saturated carbocycles. The molecule has 2 saturated heterocycles. The Hall–Kier alpha value is 0.640. The highest BCUT2D eigenvalue weighted by Crippen LogP contribution is 2.54. The number of halogens is 6. The van der Waals surface area contributed by atoms with Crippen LogP contribution in [0.3, 0.4) is 0 Å². The Balaban J connectivity index is 1.69. The van der Waals surface area contributed by atoms with Crippen LogP contribution in [0.1, 0.15) is 19.4 Å². The molecule has 0 bridgehead atoms. The van der Waals surface area contributed by atoms with Gasteiger partial charge in [0.05, 0.1) is 8.07 Å². The van der Waals surface area contributed by atoms with Crippen molar-refractivity contribution in [3.63, 3.8) is 0 Å². The molecule has 0 unspecified atom stereocenters. The SMILES string of the molecule is CC1(C)S[C@@H]2[C@H](N[PH+](CC(Cl)(Cl)Cl)CC(Cl)(Cl)Cl)C(=O)N2[C@H]1C(=O)OCc1ccccc1. The number of amides is 1.